The van der Waals surface area contributed by atoms with Crippen LogP contribution in [-0.4, -0.2) is 58.7 Å². The molecule has 8 nitrogen and oxygen atoms in total. The molecule has 1 fully saturated rings. The maximum Gasteiger partial charge on any atom is 0.417 e. The van der Waals surface area contributed by atoms with Crippen LogP contribution in [0.15, 0.2) is 59.3 Å². The maximum absolute atomic E-state index is 13.1. The van der Waals surface area contributed by atoms with Gasteiger partial charge < -0.3 is 14.2 Å². The summed E-state index contributed by atoms with van der Waals surface area (Å²) in [4.78, 5) is 46.9. The van der Waals surface area contributed by atoms with Crippen LogP contribution in [0, 0.1) is 0 Å². The van der Waals surface area contributed by atoms with Gasteiger partial charge in [0.2, 0.25) is 0 Å². The summed E-state index contributed by atoms with van der Waals surface area (Å²) in [5, 5.41) is 0. The number of anilines is 1. The Bertz CT molecular complexity index is 1280. The summed E-state index contributed by atoms with van der Waals surface area (Å²) < 4.78 is 43.5. The van der Waals surface area contributed by atoms with Crippen molar-refractivity contribution in [1.29, 1.82) is 0 Å². The minimum Gasteiger partial charge on any atom is -0.467 e. The molecular weight excluding hydrogens is 465 g/mol. The van der Waals surface area contributed by atoms with Crippen molar-refractivity contribution in [1.82, 2.24) is 14.8 Å². The summed E-state index contributed by atoms with van der Waals surface area (Å²) in [7, 11) is 0. The molecule has 2 aliphatic heterocycles. The molecule has 35 heavy (non-hydrogen) atoms. The Labute approximate surface area is 197 Å². The van der Waals surface area contributed by atoms with Crippen molar-refractivity contribution in [2.45, 2.75) is 12.7 Å². The molecule has 3 aromatic rings. The normalized spacial score (nSPS) is 16.1. The Hall–Kier alpha value is -4.15. The summed E-state index contributed by atoms with van der Waals surface area (Å²) in [5.74, 6) is -0.357. The molecule has 0 N–H and O–H groups in total. The van der Waals surface area contributed by atoms with Crippen molar-refractivity contribution >= 4 is 23.5 Å². The molecular formula is C24H19F3N4O4. The molecule has 0 spiro atoms. The smallest absolute Gasteiger partial charge is 0.417 e. The average Bonchev–Trinajstić information content (AvgIpc) is 3.46. The topological polar surface area (TPSA) is 87.0 Å². The summed E-state index contributed by atoms with van der Waals surface area (Å²) >= 11 is 0. The van der Waals surface area contributed by atoms with Crippen LogP contribution >= 0.6 is 0 Å². The molecule has 1 saturated heterocycles. The molecule has 180 valence electrons. The van der Waals surface area contributed by atoms with Crippen LogP contribution in [0.25, 0.3) is 0 Å². The van der Waals surface area contributed by atoms with Gasteiger partial charge in [0.05, 0.1) is 29.5 Å². The summed E-state index contributed by atoms with van der Waals surface area (Å²) in [6.45, 7) is 1.45. The van der Waals surface area contributed by atoms with Gasteiger partial charge in [-0.25, -0.2) is 4.98 Å². The minimum absolute atomic E-state index is 0.00255. The zero-order valence-electron chi connectivity index (χ0n) is 18.3. The summed E-state index contributed by atoms with van der Waals surface area (Å²) in [6.07, 6.45) is -2.20. The van der Waals surface area contributed by atoms with Gasteiger partial charge in [0.1, 0.15) is 11.6 Å². The predicted octanol–water partition coefficient (Wildman–Crippen LogP) is 3.45. The van der Waals surface area contributed by atoms with Crippen molar-refractivity contribution in [3.8, 4) is 0 Å². The van der Waals surface area contributed by atoms with Gasteiger partial charge in [0.25, 0.3) is 17.7 Å². The summed E-state index contributed by atoms with van der Waals surface area (Å²) in [6, 6.07) is 10.1. The van der Waals surface area contributed by atoms with Gasteiger partial charge in [0, 0.05) is 37.9 Å². The highest BCUT2D eigenvalue weighted by molar-refractivity contribution is 6.22. The second kappa shape index (κ2) is 8.57. The third-order valence-electron chi connectivity index (χ3n) is 6.08. The molecule has 5 rings (SSSR count). The van der Waals surface area contributed by atoms with Crippen LogP contribution in [0.4, 0.5) is 19.0 Å². The third kappa shape index (κ3) is 4.25. The number of halogens is 3. The van der Waals surface area contributed by atoms with Crippen LogP contribution < -0.4 is 4.90 Å². The van der Waals surface area contributed by atoms with Crippen molar-refractivity contribution in [2.24, 2.45) is 0 Å². The van der Waals surface area contributed by atoms with Crippen LogP contribution in [0.3, 0.4) is 0 Å². The van der Waals surface area contributed by atoms with Gasteiger partial charge in [-0.1, -0.05) is 0 Å². The number of piperazine rings is 1. The van der Waals surface area contributed by atoms with Gasteiger partial charge in [0.15, 0.2) is 0 Å². The molecule has 4 heterocycles. The first-order chi connectivity index (χ1) is 16.7. The van der Waals surface area contributed by atoms with Crippen LogP contribution in [-0.2, 0) is 12.7 Å². The Morgan fingerprint density at radius 1 is 0.971 bits per heavy atom. The van der Waals surface area contributed by atoms with Crippen LogP contribution in [0.5, 0.6) is 0 Å². The van der Waals surface area contributed by atoms with Crippen molar-refractivity contribution < 1.29 is 32.0 Å². The number of rotatable bonds is 4. The number of benzene rings is 1. The number of furan rings is 1. The lowest BCUT2D eigenvalue weighted by Crippen LogP contribution is -2.49. The van der Waals surface area contributed by atoms with E-state index in [0.29, 0.717) is 37.8 Å². The highest BCUT2D eigenvalue weighted by Crippen LogP contribution is 2.30. The lowest BCUT2D eigenvalue weighted by atomic mass is 10.0. The second-order valence-corrected chi connectivity index (χ2v) is 8.22. The number of imide groups is 1. The fourth-order valence-electron chi connectivity index (χ4n) is 4.19. The Morgan fingerprint density at radius 3 is 2.34 bits per heavy atom. The number of carbonyl (C=O) groups is 3. The van der Waals surface area contributed by atoms with E-state index in [-0.39, 0.29) is 29.1 Å². The van der Waals surface area contributed by atoms with E-state index in [9.17, 15) is 27.6 Å². The SMILES string of the molecule is O=C(c1ccc2c(c1)C(=O)N(Cc1ccco1)C2=O)N1CCN(c2ccc(C(F)(F)F)cn2)CC1. The number of alkyl halides is 3. The molecule has 2 aromatic heterocycles. The predicted molar refractivity (Wildman–Crippen MR) is 117 cm³/mol. The molecule has 0 bridgehead atoms. The number of fused-ring (bicyclic) bond motifs is 1. The van der Waals surface area contributed by atoms with E-state index in [1.165, 1.54) is 30.5 Å². The van der Waals surface area contributed by atoms with Crippen LogP contribution in [0.1, 0.15) is 42.4 Å². The van der Waals surface area contributed by atoms with E-state index >= 15 is 0 Å². The molecule has 0 atom stereocenters. The number of aromatic nitrogens is 1. The number of carbonyl (C=O) groups excluding carboxylic acids is 3. The molecule has 3 amide bonds. The quantitative estimate of drug-likeness (QED) is 0.528. The molecule has 1 aromatic carbocycles. The van der Waals surface area contributed by atoms with Gasteiger partial charge in [-0.3, -0.25) is 19.3 Å². The summed E-state index contributed by atoms with van der Waals surface area (Å²) in [5.41, 5.74) is -0.135. The van der Waals surface area contributed by atoms with Gasteiger partial charge >= 0.3 is 6.18 Å². The first-order valence-corrected chi connectivity index (χ1v) is 10.8. The highest BCUT2D eigenvalue weighted by Gasteiger charge is 2.37. The second-order valence-electron chi connectivity index (χ2n) is 8.22. The highest BCUT2D eigenvalue weighted by atomic mass is 19.4. The van der Waals surface area contributed by atoms with Gasteiger partial charge in [-0.05, 0) is 42.5 Å². The van der Waals surface area contributed by atoms with Crippen molar-refractivity contribution in [2.75, 3.05) is 31.1 Å². The van der Waals surface area contributed by atoms with E-state index in [2.05, 4.69) is 4.98 Å². The van der Waals surface area contributed by atoms with Crippen molar-refractivity contribution in [3.05, 3.63) is 82.9 Å². The minimum atomic E-state index is -4.45. The van der Waals surface area contributed by atoms with E-state index in [0.717, 1.165) is 17.2 Å². The molecule has 2 aliphatic rings. The van der Waals surface area contributed by atoms with Gasteiger partial charge in [-0.2, -0.15) is 13.2 Å². The first-order valence-electron chi connectivity index (χ1n) is 10.8. The average molecular weight is 484 g/mol. The number of pyridine rings is 1. The zero-order chi connectivity index (χ0) is 24.7. The largest absolute Gasteiger partial charge is 0.467 e. The maximum atomic E-state index is 13.1. The fraction of sp³-hybridized carbons (Fsp3) is 0.250. The Kier molecular flexibility index (Phi) is 5.54. The van der Waals surface area contributed by atoms with E-state index in [1.807, 2.05) is 0 Å². The van der Waals surface area contributed by atoms with Crippen molar-refractivity contribution in [3.63, 3.8) is 0 Å². The first kappa shape index (κ1) is 22.6. The number of amides is 3. The Balaban J connectivity index is 1.25. The van der Waals surface area contributed by atoms with E-state index < -0.39 is 23.6 Å². The third-order valence-corrected chi connectivity index (χ3v) is 6.08. The number of hydrogen-bond acceptors (Lipinski definition) is 6. The van der Waals surface area contributed by atoms with E-state index in [4.69, 9.17) is 4.42 Å². The molecule has 0 unspecified atom stereocenters. The number of nitrogens with zero attached hydrogens (tertiary/aromatic N) is 4. The Morgan fingerprint density at radius 2 is 1.71 bits per heavy atom. The zero-order valence-corrected chi connectivity index (χ0v) is 18.3. The molecule has 0 aliphatic carbocycles. The fourth-order valence-corrected chi connectivity index (χ4v) is 4.19. The lowest BCUT2D eigenvalue weighted by molar-refractivity contribution is -0.137. The van der Waals surface area contributed by atoms with Gasteiger partial charge in [-0.15, -0.1) is 0 Å². The standard InChI is InChI=1S/C24H19F3N4O4/c25-24(26,27)16-4-6-20(28-13-16)29-7-9-30(10-8-29)21(32)15-3-5-18-19(12-15)23(34)31(22(18)33)14-17-2-1-11-35-17/h1-6,11-13H,7-10,14H2. The monoisotopic (exact) mass is 484 g/mol. The van der Waals surface area contributed by atoms with E-state index in [1.54, 1.807) is 21.9 Å². The number of hydrogen-bond donors (Lipinski definition) is 0. The molecule has 0 saturated carbocycles. The lowest BCUT2D eigenvalue weighted by Gasteiger charge is -2.35. The van der Waals surface area contributed by atoms with Crippen LogP contribution in [0.2, 0.25) is 0 Å². The molecule has 11 heteroatoms. The molecule has 0 radical (unpaired) electrons.